The molecule has 0 saturated heterocycles. The summed E-state index contributed by atoms with van der Waals surface area (Å²) in [6.45, 7) is 0.877. The number of benzene rings is 1. The van der Waals surface area contributed by atoms with Crippen molar-refractivity contribution in [3.05, 3.63) is 23.8 Å². The van der Waals surface area contributed by atoms with Gasteiger partial charge in [-0.05, 0) is 18.9 Å². The molecule has 4 heteroatoms. The van der Waals surface area contributed by atoms with Crippen molar-refractivity contribution in [3.8, 4) is 17.2 Å². The zero-order valence-electron chi connectivity index (χ0n) is 11.7. The molecule has 0 heterocycles. The Labute approximate surface area is 114 Å². The van der Waals surface area contributed by atoms with Gasteiger partial charge in [0.2, 0.25) is 0 Å². The molecule has 0 atom stereocenters. The molecule has 1 N–H and O–H groups in total. The minimum atomic E-state index is 0.674. The Bertz CT molecular complexity index is 453. The predicted molar refractivity (Wildman–Crippen MR) is 76.2 cm³/mol. The molecule has 19 heavy (non-hydrogen) atoms. The van der Waals surface area contributed by atoms with Gasteiger partial charge in [-0.25, -0.2) is 0 Å². The molecular weight excluding hydrogens is 242 g/mol. The summed E-state index contributed by atoms with van der Waals surface area (Å²) in [6.07, 6.45) is 6.74. The quantitative estimate of drug-likeness (QED) is 0.820. The van der Waals surface area contributed by atoms with Crippen molar-refractivity contribution in [2.75, 3.05) is 27.9 Å². The third kappa shape index (κ3) is 3.64. The van der Waals surface area contributed by atoms with E-state index in [9.17, 15) is 0 Å². The van der Waals surface area contributed by atoms with Gasteiger partial charge < -0.3 is 19.5 Å². The van der Waals surface area contributed by atoms with E-state index < -0.39 is 0 Å². The third-order valence-corrected chi connectivity index (χ3v) is 3.14. The van der Waals surface area contributed by atoms with Gasteiger partial charge in [-0.2, -0.15) is 0 Å². The first-order valence-corrected chi connectivity index (χ1v) is 6.48. The molecule has 1 aromatic carbocycles. The fourth-order valence-electron chi connectivity index (χ4n) is 1.89. The first-order valence-electron chi connectivity index (χ1n) is 6.48. The molecule has 1 aromatic rings. The van der Waals surface area contributed by atoms with Crippen LogP contribution in [0.5, 0.6) is 17.2 Å². The molecular formula is C15H21NO3. The molecule has 0 aromatic heterocycles. The Balaban J connectivity index is 2.11. The Kier molecular flexibility index (Phi) is 4.68. The second kappa shape index (κ2) is 6.48. The van der Waals surface area contributed by atoms with Gasteiger partial charge in [0.1, 0.15) is 5.75 Å². The Morgan fingerprint density at radius 2 is 1.68 bits per heavy atom. The van der Waals surface area contributed by atoms with Gasteiger partial charge in [-0.1, -0.05) is 12.2 Å². The standard InChI is InChI=1S/C15H21NO3/c1-17-13-10-15(19-3)14(18-2)9-11(13)5-4-8-16-12-6-7-12/h4-5,9-10,12,16H,6-8H2,1-3H3. The van der Waals surface area contributed by atoms with Gasteiger partial charge in [-0.15, -0.1) is 0 Å². The second-order valence-corrected chi connectivity index (χ2v) is 4.53. The number of hydrogen-bond acceptors (Lipinski definition) is 4. The van der Waals surface area contributed by atoms with E-state index in [-0.39, 0.29) is 0 Å². The van der Waals surface area contributed by atoms with Crippen LogP contribution in [0, 0.1) is 0 Å². The lowest BCUT2D eigenvalue weighted by Crippen LogP contribution is -2.15. The van der Waals surface area contributed by atoms with Crippen LogP contribution in [0.15, 0.2) is 18.2 Å². The molecule has 0 radical (unpaired) electrons. The maximum Gasteiger partial charge on any atom is 0.164 e. The molecule has 0 spiro atoms. The van der Waals surface area contributed by atoms with Crippen molar-refractivity contribution in [2.45, 2.75) is 18.9 Å². The lowest BCUT2D eigenvalue weighted by Gasteiger charge is -2.12. The molecule has 104 valence electrons. The van der Waals surface area contributed by atoms with Crippen molar-refractivity contribution in [1.82, 2.24) is 5.32 Å². The van der Waals surface area contributed by atoms with Crippen LogP contribution in [0.3, 0.4) is 0 Å². The van der Waals surface area contributed by atoms with Gasteiger partial charge in [0, 0.05) is 24.2 Å². The van der Waals surface area contributed by atoms with E-state index in [0.717, 1.165) is 23.9 Å². The fourth-order valence-corrected chi connectivity index (χ4v) is 1.89. The number of methoxy groups -OCH3 is 3. The lowest BCUT2D eigenvalue weighted by atomic mass is 10.1. The van der Waals surface area contributed by atoms with Gasteiger partial charge in [-0.3, -0.25) is 0 Å². The van der Waals surface area contributed by atoms with Crippen molar-refractivity contribution in [1.29, 1.82) is 0 Å². The summed E-state index contributed by atoms with van der Waals surface area (Å²) in [7, 11) is 4.90. The average Bonchev–Trinajstić information content (AvgIpc) is 3.26. The molecule has 0 amide bonds. The summed E-state index contributed by atoms with van der Waals surface area (Å²) >= 11 is 0. The highest BCUT2D eigenvalue weighted by atomic mass is 16.5. The van der Waals surface area contributed by atoms with Crippen molar-refractivity contribution in [3.63, 3.8) is 0 Å². The van der Waals surface area contributed by atoms with Gasteiger partial charge in [0.15, 0.2) is 11.5 Å². The number of nitrogens with one attached hydrogen (secondary N) is 1. The van der Waals surface area contributed by atoms with Gasteiger partial charge in [0.25, 0.3) is 0 Å². The van der Waals surface area contributed by atoms with Crippen LogP contribution < -0.4 is 19.5 Å². The van der Waals surface area contributed by atoms with Gasteiger partial charge >= 0.3 is 0 Å². The van der Waals surface area contributed by atoms with Crippen LogP contribution in [0.4, 0.5) is 0 Å². The highest BCUT2D eigenvalue weighted by Gasteiger charge is 2.19. The van der Waals surface area contributed by atoms with Crippen LogP contribution in [-0.4, -0.2) is 33.9 Å². The number of ether oxygens (including phenoxy) is 3. The van der Waals surface area contributed by atoms with Crippen LogP contribution in [-0.2, 0) is 0 Å². The molecule has 0 unspecified atom stereocenters. The summed E-state index contributed by atoms with van der Waals surface area (Å²) in [4.78, 5) is 0. The maximum absolute atomic E-state index is 5.37. The predicted octanol–water partition coefficient (Wildman–Crippen LogP) is 2.48. The largest absolute Gasteiger partial charge is 0.496 e. The summed E-state index contributed by atoms with van der Waals surface area (Å²) in [5.74, 6) is 2.16. The monoisotopic (exact) mass is 263 g/mol. The molecule has 1 saturated carbocycles. The SMILES string of the molecule is COc1cc(OC)c(OC)cc1C=CCNC1CC1. The number of rotatable bonds is 7. The van der Waals surface area contributed by atoms with Crippen LogP contribution in [0.2, 0.25) is 0 Å². The van der Waals surface area contributed by atoms with Crippen molar-refractivity contribution < 1.29 is 14.2 Å². The lowest BCUT2D eigenvalue weighted by molar-refractivity contribution is 0.348. The van der Waals surface area contributed by atoms with Crippen molar-refractivity contribution in [2.24, 2.45) is 0 Å². The summed E-state index contributed by atoms with van der Waals surface area (Å²) in [5, 5.41) is 3.43. The van der Waals surface area contributed by atoms with E-state index in [0.29, 0.717) is 11.5 Å². The zero-order valence-corrected chi connectivity index (χ0v) is 11.7. The average molecular weight is 263 g/mol. The van der Waals surface area contributed by atoms with E-state index in [1.54, 1.807) is 21.3 Å². The molecule has 4 nitrogen and oxygen atoms in total. The van der Waals surface area contributed by atoms with E-state index in [2.05, 4.69) is 11.4 Å². The normalized spacial score (nSPS) is 14.7. The minimum absolute atomic E-state index is 0.674. The molecule has 2 rings (SSSR count). The Hall–Kier alpha value is -1.68. The highest BCUT2D eigenvalue weighted by Crippen LogP contribution is 2.35. The molecule has 1 aliphatic rings. The molecule has 0 aliphatic heterocycles. The minimum Gasteiger partial charge on any atom is -0.496 e. The topological polar surface area (TPSA) is 39.7 Å². The van der Waals surface area contributed by atoms with E-state index in [1.165, 1.54) is 12.8 Å². The Morgan fingerprint density at radius 3 is 2.26 bits per heavy atom. The smallest absolute Gasteiger partial charge is 0.164 e. The van der Waals surface area contributed by atoms with Crippen molar-refractivity contribution >= 4 is 6.08 Å². The zero-order chi connectivity index (χ0) is 13.7. The summed E-state index contributed by atoms with van der Waals surface area (Å²) < 4.78 is 15.9. The first kappa shape index (κ1) is 13.7. The molecule has 1 fully saturated rings. The first-order chi connectivity index (χ1) is 9.28. The number of hydrogen-bond donors (Lipinski definition) is 1. The fraction of sp³-hybridized carbons (Fsp3) is 0.467. The maximum atomic E-state index is 5.37. The van der Waals surface area contributed by atoms with Crippen LogP contribution in [0.1, 0.15) is 18.4 Å². The molecule has 0 bridgehead atoms. The summed E-state index contributed by atoms with van der Waals surface area (Å²) in [5.41, 5.74) is 0.984. The van der Waals surface area contributed by atoms with E-state index in [4.69, 9.17) is 14.2 Å². The Morgan fingerprint density at radius 1 is 1.05 bits per heavy atom. The highest BCUT2D eigenvalue weighted by molar-refractivity contribution is 5.63. The van der Waals surface area contributed by atoms with Crippen LogP contribution >= 0.6 is 0 Å². The third-order valence-electron chi connectivity index (χ3n) is 3.14. The van der Waals surface area contributed by atoms with E-state index >= 15 is 0 Å². The molecule has 1 aliphatic carbocycles. The van der Waals surface area contributed by atoms with Gasteiger partial charge in [0.05, 0.1) is 21.3 Å². The van der Waals surface area contributed by atoms with Crippen LogP contribution in [0.25, 0.3) is 6.08 Å². The summed E-state index contributed by atoms with van der Waals surface area (Å²) in [6, 6.07) is 4.48. The van der Waals surface area contributed by atoms with E-state index in [1.807, 2.05) is 18.2 Å². The second-order valence-electron chi connectivity index (χ2n) is 4.53.